The zero-order valence-corrected chi connectivity index (χ0v) is 14.4. The van der Waals surface area contributed by atoms with Crippen molar-refractivity contribution in [1.29, 1.82) is 0 Å². The number of carbonyl (C=O) groups excluding carboxylic acids is 1. The van der Waals surface area contributed by atoms with E-state index in [1.165, 1.54) is 0 Å². The van der Waals surface area contributed by atoms with Gasteiger partial charge in [-0.2, -0.15) is 5.10 Å². The molecule has 25 heavy (non-hydrogen) atoms. The molecule has 1 aromatic heterocycles. The molecule has 0 aliphatic heterocycles. The van der Waals surface area contributed by atoms with Crippen LogP contribution in [0.25, 0.3) is 0 Å². The van der Waals surface area contributed by atoms with E-state index >= 15 is 0 Å². The van der Waals surface area contributed by atoms with E-state index < -0.39 is 0 Å². The number of ether oxygens (including phenoxy) is 1. The van der Waals surface area contributed by atoms with Crippen LogP contribution in [-0.4, -0.2) is 16.1 Å². The summed E-state index contributed by atoms with van der Waals surface area (Å²) >= 11 is 0. The first kappa shape index (κ1) is 16.6. The number of aryl methyl sites for hydroxylation is 3. The van der Waals surface area contributed by atoms with Gasteiger partial charge < -0.3 is 10.1 Å². The number of amides is 1. The van der Waals surface area contributed by atoms with Crippen molar-refractivity contribution in [3.05, 3.63) is 77.0 Å². The molecule has 3 rings (SSSR count). The molecule has 0 saturated carbocycles. The lowest BCUT2D eigenvalue weighted by atomic mass is 10.1. The van der Waals surface area contributed by atoms with Crippen LogP contribution in [0.2, 0.25) is 0 Å². The summed E-state index contributed by atoms with van der Waals surface area (Å²) in [6, 6.07) is 16.4. The third-order valence-corrected chi connectivity index (χ3v) is 3.88. The molecule has 3 aromatic rings. The summed E-state index contributed by atoms with van der Waals surface area (Å²) in [6.45, 7) is 5.88. The first-order chi connectivity index (χ1) is 12.0. The molecule has 0 fully saturated rings. The van der Waals surface area contributed by atoms with Gasteiger partial charge in [0.05, 0.1) is 5.69 Å². The van der Waals surface area contributed by atoms with Crippen molar-refractivity contribution in [2.45, 2.75) is 20.8 Å². The molecule has 0 bridgehead atoms. The maximum atomic E-state index is 12.3. The lowest BCUT2D eigenvalue weighted by molar-refractivity contribution is 0.102. The van der Waals surface area contributed by atoms with Gasteiger partial charge in [0.25, 0.3) is 5.91 Å². The number of benzene rings is 2. The SMILES string of the molecule is Cc1ccc(Oc2ccc(NC(=O)c3ccc(C)c(C)c3)cc2)nn1. The lowest BCUT2D eigenvalue weighted by Crippen LogP contribution is -2.12. The van der Waals surface area contributed by atoms with E-state index in [1.807, 2.05) is 45.0 Å². The van der Waals surface area contributed by atoms with Gasteiger partial charge in [-0.3, -0.25) is 4.79 Å². The van der Waals surface area contributed by atoms with Crippen LogP contribution in [-0.2, 0) is 0 Å². The van der Waals surface area contributed by atoms with E-state index in [4.69, 9.17) is 4.74 Å². The second kappa shape index (κ2) is 7.13. The Kier molecular flexibility index (Phi) is 4.75. The van der Waals surface area contributed by atoms with Crippen LogP contribution in [0, 0.1) is 20.8 Å². The molecule has 5 heteroatoms. The summed E-state index contributed by atoms with van der Waals surface area (Å²) in [6.07, 6.45) is 0. The third-order valence-electron chi connectivity index (χ3n) is 3.88. The van der Waals surface area contributed by atoms with Crippen molar-refractivity contribution in [1.82, 2.24) is 10.2 Å². The molecule has 126 valence electrons. The van der Waals surface area contributed by atoms with E-state index in [-0.39, 0.29) is 5.91 Å². The van der Waals surface area contributed by atoms with Crippen molar-refractivity contribution in [2.24, 2.45) is 0 Å². The fourth-order valence-corrected chi connectivity index (χ4v) is 2.25. The van der Waals surface area contributed by atoms with Gasteiger partial charge in [0, 0.05) is 17.3 Å². The Morgan fingerprint density at radius 2 is 1.64 bits per heavy atom. The highest BCUT2D eigenvalue weighted by molar-refractivity contribution is 6.04. The molecule has 0 aliphatic rings. The molecule has 1 amide bonds. The molecule has 1 heterocycles. The van der Waals surface area contributed by atoms with Crippen LogP contribution in [0.3, 0.4) is 0 Å². The maximum absolute atomic E-state index is 12.3. The first-order valence-corrected chi connectivity index (χ1v) is 7.98. The minimum atomic E-state index is -0.138. The van der Waals surface area contributed by atoms with Gasteiger partial charge >= 0.3 is 0 Å². The Hall–Kier alpha value is -3.21. The predicted octanol–water partition coefficient (Wildman–Crippen LogP) is 4.45. The number of hydrogen-bond donors (Lipinski definition) is 1. The fourth-order valence-electron chi connectivity index (χ4n) is 2.25. The molecule has 0 aliphatic carbocycles. The van der Waals surface area contributed by atoms with Crippen LogP contribution >= 0.6 is 0 Å². The highest BCUT2D eigenvalue weighted by Crippen LogP contribution is 2.21. The summed E-state index contributed by atoms with van der Waals surface area (Å²) in [4.78, 5) is 12.3. The van der Waals surface area contributed by atoms with E-state index in [0.29, 0.717) is 22.9 Å². The largest absolute Gasteiger partial charge is 0.438 e. The Bertz CT molecular complexity index is 888. The number of nitrogens with zero attached hydrogens (tertiary/aromatic N) is 2. The predicted molar refractivity (Wildman–Crippen MR) is 97.2 cm³/mol. The zero-order chi connectivity index (χ0) is 17.8. The molecule has 1 N–H and O–H groups in total. The number of anilines is 1. The molecule has 2 aromatic carbocycles. The summed E-state index contributed by atoms with van der Waals surface area (Å²) in [5.41, 5.74) is 4.42. The van der Waals surface area contributed by atoms with Crippen LogP contribution in [0.1, 0.15) is 27.2 Å². The van der Waals surface area contributed by atoms with Crippen molar-refractivity contribution >= 4 is 11.6 Å². The zero-order valence-electron chi connectivity index (χ0n) is 14.4. The average molecular weight is 333 g/mol. The monoisotopic (exact) mass is 333 g/mol. The van der Waals surface area contributed by atoms with Crippen LogP contribution < -0.4 is 10.1 Å². The lowest BCUT2D eigenvalue weighted by Gasteiger charge is -2.08. The van der Waals surface area contributed by atoms with Crippen molar-refractivity contribution in [3.8, 4) is 11.6 Å². The summed E-state index contributed by atoms with van der Waals surface area (Å²) in [5.74, 6) is 0.918. The number of hydrogen-bond acceptors (Lipinski definition) is 4. The molecule has 5 nitrogen and oxygen atoms in total. The Morgan fingerprint density at radius 1 is 0.880 bits per heavy atom. The van der Waals surface area contributed by atoms with Crippen molar-refractivity contribution < 1.29 is 9.53 Å². The molecule has 0 radical (unpaired) electrons. The Labute approximate surface area is 146 Å². The topological polar surface area (TPSA) is 64.1 Å². The average Bonchev–Trinajstić information content (AvgIpc) is 2.61. The summed E-state index contributed by atoms with van der Waals surface area (Å²) in [5, 5.41) is 10.8. The van der Waals surface area contributed by atoms with Gasteiger partial charge in [-0.1, -0.05) is 6.07 Å². The number of nitrogens with one attached hydrogen (secondary N) is 1. The molecular weight excluding hydrogens is 314 g/mol. The normalized spacial score (nSPS) is 10.4. The second-order valence-electron chi connectivity index (χ2n) is 5.89. The highest BCUT2D eigenvalue weighted by atomic mass is 16.5. The third kappa shape index (κ3) is 4.20. The Balaban J connectivity index is 1.66. The van der Waals surface area contributed by atoms with Gasteiger partial charge in [0.15, 0.2) is 0 Å². The summed E-state index contributed by atoms with van der Waals surface area (Å²) < 4.78 is 5.62. The molecule has 0 unspecified atom stereocenters. The van der Waals surface area contributed by atoms with Gasteiger partial charge in [-0.05, 0) is 74.4 Å². The van der Waals surface area contributed by atoms with Crippen LogP contribution in [0.4, 0.5) is 5.69 Å². The quantitative estimate of drug-likeness (QED) is 0.766. The minimum Gasteiger partial charge on any atom is -0.438 e. The number of rotatable bonds is 4. The van der Waals surface area contributed by atoms with Gasteiger partial charge in [-0.15, -0.1) is 5.10 Å². The van der Waals surface area contributed by atoms with Gasteiger partial charge in [0.2, 0.25) is 5.88 Å². The van der Waals surface area contributed by atoms with Gasteiger partial charge in [0.1, 0.15) is 5.75 Å². The van der Waals surface area contributed by atoms with Crippen molar-refractivity contribution in [2.75, 3.05) is 5.32 Å². The van der Waals surface area contributed by atoms with E-state index in [9.17, 15) is 4.79 Å². The summed E-state index contributed by atoms with van der Waals surface area (Å²) in [7, 11) is 0. The standard InChI is InChI=1S/C20H19N3O2/c1-13-4-6-16(12-14(13)2)20(24)21-17-7-9-18(10-8-17)25-19-11-5-15(3)22-23-19/h4-12H,1-3H3,(H,21,24). The highest BCUT2D eigenvalue weighted by Gasteiger charge is 2.07. The second-order valence-corrected chi connectivity index (χ2v) is 5.89. The maximum Gasteiger partial charge on any atom is 0.255 e. The number of carbonyl (C=O) groups is 1. The first-order valence-electron chi connectivity index (χ1n) is 7.98. The van der Waals surface area contributed by atoms with Crippen LogP contribution in [0.5, 0.6) is 11.6 Å². The van der Waals surface area contributed by atoms with E-state index in [0.717, 1.165) is 16.8 Å². The van der Waals surface area contributed by atoms with Crippen molar-refractivity contribution in [3.63, 3.8) is 0 Å². The molecular formula is C20H19N3O2. The van der Waals surface area contributed by atoms with Crippen LogP contribution in [0.15, 0.2) is 54.6 Å². The minimum absolute atomic E-state index is 0.138. The molecule has 0 spiro atoms. The molecule has 0 saturated heterocycles. The van der Waals surface area contributed by atoms with E-state index in [1.54, 1.807) is 30.3 Å². The molecule has 0 atom stereocenters. The fraction of sp³-hybridized carbons (Fsp3) is 0.150. The number of aromatic nitrogens is 2. The smallest absolute Gasteiger partial charge is 0.255 e. The Morgan fingerprint density at radius 3 is 2.28 bits per heavy atom. The van der Waals surface area contributed by atoms with Gasteiger partial charge in [-0.25, -0.2) is 0 Å². The van der Waals surface area contributed by atoms with E-state index in [2.05, 4.69) is 15.5 Å².